The summed E-state index contributed by atoms with van der Waals surface area (Å²) in [6.07, 6.45) is 0. The highest BCUT2D eigenvalue weighted by Gasteiger charge is 2.33. The lowest BCUT2D eigenvalue weighted by Gasteiger charge is -2.17. The number of carbonyl (C=O) groups is 1. The van der Waals surface area contributed by atoms with Crippen LogP contribution < -0.4 is 5.32 Å². The van der Waals surface area contributed by atoms with Gasteiger partial charge in [-0.1, -0.05) is 30.3 Å². The molecule has 1 N–H and O–H groups in total. The maximum absolute atomic E-state index is 13.4. The minimum atomic E-state index is -0.272. The van der Waals surface area contributed by atoms with Crippen LogP contribution in [0, 0.1) is 12.7 Å². The number of fused-ring (bicyclic) bond motifs is 1. The topological polar surface area (TPSA) is 46.9 Å². The van der Waals surface area contributed by atoms with Gasteiger partial charge in [0.25, 0.3) is 0 Å². The zero-order valence-corrected chi connectivity index (χ0v) is 15.3. The highest BCUT2D eigenvalue weighted by molar-refractivity contribution is 8.01. The van der Waals surface area contributed by atoms with E-state index in [2.05, 4.69) is 10.4 Å². The molecular formula is C20H18FN3OS. The normalized spacial score (nSPS) is 19.6. The van der Waals surface area contributed by atoms with E-state index in [1.165, 1.54) is 12.1 Å². The first-order valence-corrected chi connectivity index (χ1v) is 9.35. The second kappa shape index (κ2) is 6.61. The second-order valence-corrected chi connectivity index (χ2v) is 7.74. The predicted molar refractivity (Wildman–Crippen MR) is 102 cm³/mol. The summed E-state index contributed by atoms with van der Waals surface area (Å²) in [5.74, 6) is 0.356. The fourth-order valence-corrected chi connectivity index (χ4v) is 4.49. The summed E-state index contributed by atoms with van der Waals surface area (Å²) in [6.45, 7) is 3.83. The van der Waals surface area contributed by atoms with Crippen LogP contribution in [0.5, 0.6) is 0 Å². The smallest absolute Gasteiger partial charge is 0.238 e. The molecule has 132 valence electrons. The van der Waals surface area contributed by atoms with Crippen molar-refractivity contribution in [1.82, 2.24) is 9.78 Å². The van der Waals surface area contributed by atoms with Crippen LogP contribution in [0.2, 0.25) is 0 Å². The molecule has 0 aliphatic carbocycles. The van der Waals surface area contributed by atoms with Gasteiger partial charge in [-0.2, -0.15) is 5.10 Å². The van der Waals surface area contributed by atoms with E-state index < -0.39 is 0 Å². The zero-order valence-electron chi connectivity index (χ0n) is 14.4. The number of nitrogens with zero attached hydrogens (tertiary/aromatic N) is 2. The summed E-state index contributed by atoms with van der Waals surface area (Å²) in [5.41, 5.74) is 3.65. The predicted octanol–water partition coefficient (Wildman–Crippen LogP) is 4.48. The molecule has 0 radical (unpaired) electrons. The largest absolute Gasteiger partial charge is 0.309 e. The van der Waals surface area contributed by atoms with Gasteiger partial charge in [0.05, 0.1) is 21.9 Å². The lowest BCUT2D eigenvalue weighted by molar-refractivity contribution is -0.115. The van der Waals surface area contributed by atoms with Gasteiger partial charge < -0.3 is 5.32 Å². The monoisotopic (exact) mass is 367 g/mol. The fraction of sp³-hybridized carbons (Fsp3) is 0.200. The summed E-state index contributed by atoms with van der Waals surface area (Å²) in [6, 6.07) is 16.2. The van der Waals surface area contributed by atoms with Crippen LogP contribution in [0.1, 0.15) is 29.0 Å². The van der Waals surface area contributed by atoms with Crippen molar-refractivity contribution in [2.24, 2.45) is 0 Å². The second-order valence-electron chi connectivity index (χ2n) is 6.29. The lowest BCUT2D eigenvalue weighted by Crippen LogP contribution is -2.22. The Balaban J connectivity index is 1.90. The van der Waals surface area contributed by atoms with Gasteiger partial charge >= 0.3 is 0 Å². The molecule has 2 atom stereocenters. The van der Waals surface area contributed by atoms with Crippen molar-refractivity contribution in [3.63, 3.8) is 0 Å². The van der Waals surface area contributed by atoms with E-state index in [0.717, 1.165) is 22.5 Å². The Labute approximate surface area is 155 Å². The van der Waals surface area contributed by atoms with Crippen LogP contribution in [-0.4, -0.2) is 20.9 Å². The van der Waals surface area contributed by atoms with Crippen LogP contribution in [0.15, 0.2) is 54.6 Å². The van der Waals surface area contributed by atoms with Crippen molar-refractivity contribution >= 4 is 23.5 Å². The molecule has 1 amide bonds. The Bertz CT molecular complexity index is 953. The van der Waals surface area contributed by atoms with Crippen molar-refractivity contribution in [2.75, 3.05) is 5.32 Å². The molecule has 4 rings (SSSR count). The maximum Gasteiger partial charge on any atom is 0.238 e. The number of amides is 1. The number of aromatic nitrogens is 2. The molecule has 1 aliphatic heterocycles. The summed E-state index contributed by atoms with van der Waals surface area (Å²) < 4.78 is 15.2. The zero-order chi connectivity index (χ0) is 18.3. The molecular weight excluding hydrogens is 349 g/mol. The number of hydrogen-bond donors (Lipinski definition) is 1. The fourth-order valence-electron chi connectivity index (χ4n) is 3.16. The number of thioether (sulfide) groups is 1. The number of rotatable bonds is 2. The van der Waals surface area contributed by atoms with Crippen molar-refractivity contribution in [3.8, 4) is 5.69 Å². The molecule has 2 heterocycles. The van der Waals surface area contributed by atoms with Gasteiger partial charge in [-0.25, -0.2) is 9.07 Å². The molecule has 3 aromatic rings. The van der Waals surface area contributed by atoms with E-state index >= 15 is 0 Å². The number of halogens is 1. The summed E-state index contributed by atoms with van der Waals surface area (Å²) in [7, 11) is 0. The first-order chi connectivity index (χ1) is 12.5. The number of benzene rings is 2. The van der Waals surface area contributed by atoms with Crippen molar-refractivity contribution < 1.29 is 9.18 Å². The molecule has 4 nitrogen and oxygen atoms in total. The van der Waals surface area contributed by atoms with Crippen LogP contribution in [-0.2, 0) is 4.79 Å². The van der Waals surface area contributed by atoms with Crippen LogP contribution in [0.4, 0.5) is 10.2 Å². The van der Waals surface area contributed by atoms with Crippen LogP contribution in [0.3, 0.4) is 0 Å². The molecule has 1 aromatic heterocycles. The minimum Gasteiger partial charge on any atom is -0.309 e. The van der Waals surface area contributed by atoms with Gasteiger partial charge in [0.15, 0.2) is 0 Å². The number of carbonyl (C=O) groups excluding carboxylic acids is 1. The first kappa shape index (κ1) is 16.8. The first-order valence-electron chi connectivity index (χ1n) is 8.41. The highest BCUT2D eigenvalue weighted by Crippen LogP contribution is 2.46. The van der Waals surface area contributed by atoms with E-state index in [1.54, 1.807) is 28.6 Å². The van der Waals surface area contributed by atoms with Crippen molar-refractivity contribution in [1.29, 1.82) is 0 Å². The Morgan fingerprint density at radius 3 is 2.50 bits per heavy atom. The number of anilines is 1. The standard InChI is InChI=1S/C20H18FN3OS/c1-12-17-18(14-8-10-15(21)11-9-14)26-13(2)20(25)22-19(17)24(23-12)16-6-4-3-5-7-16/h3-11,13,18H,1-2H3,(H,22,25)/t13-,18+/m0/s1. The van der Waals surface area contributed by atoms with E-state index in [1.807, 2.05) is 44.2 Å². The number of hydrogen-bond acceptors (Lipinski definition) is 3. The summed E-state index contributed by atoms with van der Waals surface area (Å²) >= 11 is 1.55. The molecule has 0 fully saturated rings. The van der Waals surface area contributed by atoms with Gasteiger partial charge in [0, 0.05) is 5.56 Å². The Hall–Kier alpha value is -2.60. The molecule has 0 bridgehead atoms. The van der Waals surface area contributed by atoms with Gasteiger partial charge in [-0.15, -0.1) is 11.8 Å². The average molecular weight is 367 g/mol. The summed E-state index contributed by atoms with van der Waals surface area (Å²) in [4.78, 5) is 12.6. The van der Waals surface area contributed by atoms with E-state index in [-0.39, 0.29) is 22.2 Å². The number of nitrogens with one attached hydrogen (secondary N) is 1. The van der Waals surface area contributed by atoms with Crippen molar-refractivity contribution in [2.45, 2.75) is 24.3 Å². The van der Waals surface area contributed by atoms with Gasteiger partial charge in [-0.05, 0) is 43.7 Å². The van der Waals surface area contributed by atoms with E-state index in [9.17, 15) is 9.18 Å². The number of para-hydroxylation sites is 1. The molecule has 2 aromatic carbocycles. The quantitative estimate of drug-likeness (QED) is 0.726. The van der Waals surface area contributed by atoms with Crippen LogP contribution >= 0.6 is 11.8 Å². The van der Waals surface area contributed by atoms with Gasteiger partial charge in [0.2, 0.25) is 5.91 Å². The molecule has 0 unspecified atom stereocenters. The van der Waals surface area contributed by atoms with Gasteiger partial charge in [0.1, 0.15) is 11.6 Å². The highest BCUT2D eigenvalue weighted by atomic mass is 32.2. The minimum absolute atomic E-state index is 0.0575. The lowest BCUT2D eigenvalue weighted by atomic mass is 10.0. The maximum atomic E-state index is 13.4. The van der Waals surface area contributed by atoms with Crippen LogP contribution in [0.25, 0.3) is 5.69 Å². The third kappa shape index (κ3) is 2.90. The molecule has 0 spiro atoms. The van der Waals surface area contributed by atoms with Crippen molar-refractivity contribution in [3.05, 3.63) is 77.2 Å². The molecule has 1 aliphatic rings. The third-order valence-electron chi connectivity index (χ3n) is 4.49. The molecule has 6 heteroatoms. The van der Waals surface area contributed by atoms with E-state index in [4.69, 9.17) is 0 Å². The molecule has 0 saturated carbocycles. The SMILES string of the molecule is Cc1nn(-c2ccccc2)c2c1[C@@H](c1ccc(F)cc1)S[C@@H](C)C(=O)N2. The number of aryl methyl sites for hydroxylation is 1. The van der Waals surface area contributed by atoms with Gasteiger partial charge in [-0.3, -0.25) is 4.79 Å². The third-order valence-corrected chi connectivity index (χ3v) is 5.90. The Kier molecular flexibility index (Phi) is 4.28. The Morgan fingerprint density at radius 1 is 1.12 bits per heavy atom. The Morgan fingerprint density at radius 2 is 1.81 bits per heavy atom. The average Bonchev–Trinajstić information content (AvgIpc) is 2.89. The molecule has 26 heavy (non-hydrogen) atoms. The summed E-state index contributed by atoms with van der Waals surface area (Å²) in [5, 5.41) is 7.37. The molecule has 0 saturated heterocycles. The van der Waals surface area contributed by atoms with E-state index in [0.29, 0.717) is 5.82 Å².